The molecule has 5 nitrogen and oxygen atoms in total. The molecule has 1 fully saturated rings. The summed E-state index contributed by atoms with van der Waals surface area (Å²) < 4.78 is 6.38. The Balaban J connectivity index is 1.28. The van der Waals surface area contributed by atoms with Crippen LogP contribution in [-0.2, 0) is 11.2 Å². The number of anilines is 1. The summed E-state index contributed by atoms with van der Waals surface area (Å²) >= 11 is 1.66. The summed E-state index contributed by atoms with van der Waals surface area (Å²) in [6.45, 7) is 2.14. The minimum Gasteiger partial charge on any atom is -0.497 e. The zero-order valence-corrected chi connectivity index (χ0v) is 15.5. The van der Waals surface area contributed by atoms with Crippen LogP contribution in [0.25, 0.3) is 10.2 Å². The van der Waals surface area contributed by atoms with Crippen molar-refractivity contribution >= 4 is 32.6 Å². The van der Waals surface area contributed by atoms with E-state index in [1.54, 1.807) is 18.4 Å². The van der Waals surface area contributed by atoms with E-state index in [9.17, 15) is 4.79 Å². The molecule has 0 bridgehead atoms. The Morgan fingerprint density at radius 1 is 1.27 bits per heavy atom. The molecule has 6 heteroatoms. The van der Waals surface area contributed by atoms with Crippen LogP contribution in [0.15, 0.2) is 48.5 Å². The number of nitrogens with one attached hydrogen (secondary N) is 1. The number of aromatic nitrogens is 1. The van der Waals surface area contributed by atoms with Crippen molar-refractivity contribution in [3.63, 3.8) is 0 Å². The Morgan fingerprint density at radius 2 is 2.08 bits per heavy atom. The molecule has 0 radical (unpaired) electrons. The molecular formula is C20H21N3O2S. The molecule has 3 aromatic rings. The first-order valence-corrected chi connectivity index (χ1v) is 9.56. The smallest absolute Gasteiger partial charge is 0.226 e. The predicted molar refractivity (Wildman–Crippen MR) is 105 cm³/mol. The van der Waals surface area contributed by atoms with Crippen molar-refractivity contribution in [1.29, 1.82) is 0 Å². The molecule has 1 saturated heterocycles. The van der Waals surface area contributed by atoms with Crippen LogP contribution < -0.4 is 15.0 Å². The molecule has 0 unspecified atom stereocenters. The number of hydrogen-bond donors (Lipinski definition) is 1. The fourth-order valence-corrected chi connectivity index (χ4v) is 4.04. The molecule has 1 aliphatic rings. The molecule has 1 amide bonds. The van der Waals surface area contributed by atoms with Gasteiger partial charge in [0.25, 0.3) is 0 Å². The summed E-state index contributed by atoms with van der Waals surface area (Å²) in [5.74, 6) is 1.00. The Labute approximate surface area is 156 Å². The zero-order valence-electron chi connectivity index (χ0n) is 14.6. The first-order chi connectivity index (χ1) is 12.7. The highest BCUT2D eigenvalue weighted by molar-refractivity contribution is 7.22. The van der Waals surface area contributed by atoms with Crippen molar-refractivity contribution in [2.45, 2.75) is 6.42 Å². The number of fused-ring (bicyclic) bond motifs is 1. The third-order valence-electron chi connectivity index (χ3n) is 4.66. The summed E-state index contributed by atoms with van der Waals surface area (Å²) in [6.07, 6.45) is 0.864. The maximum Gasteiger partial charge on any atom is 0.226 e. The first-order valence-electron chi connectivity index (χ1n) is 8.74. The Morgan fingerprint density at radius 3 is 2.85 bits per heavy atom. The molecule has 0 spiro atoms. The second-order valence-electron chi connectivity index (χ2n) is 6.46. The van der Waals surface area contributed by atoms with Gasteiger partial charge in [-0.15, -0.1) is 0 Å². The van der Waals surface area contributed by atoms with Gasteiger partial charge in [-0.2, -0.15) is 0 Å². The van der Waals surface area contributed by atoms with E-state index in [0.717, 1.165) is 40.6 Å². The van der Waals surface area contributed by atoms with Gasteiger partial charge in [0.15, 0.2) is 5.13 Å². The highest BCUT2D eigenvalue weighted by Crippen LogP contribution is 2.34. The van der Waals surface area contributed by atoms with Crippen LogP contribution in [0.2, 0.25) is 0 Å². The summed E-state index contributed by atoms with van der Waals surface area (Å²) in [7, 11) is 1.66. The van der Waals surface area contributed by atoms with Crippen LogP contribution >= 0.6 is 11.3 Å². The van der Waals surface area contributed by atoms with Crippen LogP contribution in [0.1, 0.15) is 5.56 Å². The SMILES string of the molecule is COc1ccc2sc(N3CC(C(=O)NCCc4ccccc4)C3)nc2c1. The fraction of sp³-hybridized carbons (Fsp3) is 0.300. The third kappa shape index (κ3) is 3.51. The first kappa shape index (κ1) is 16.8. The highest BCUT2D eigenvalue weighted by atomic mass is 32.1. The molecule has 134 valence electrons. The van der Waals surface area contributed by atoms with Gasteiger partial charge in [-0.05, 0) is 24.1 Å². The second kappa shape index (κ2) is 7.33. The van der Waals surface area contributed by atoms with Gasteiger partial charge < -0.3 is 15.0 Å². The van der Waals surface area contributed by atoms with Gasteiger partial charge >= 0.3 is 0 Å². The average Bonchev–Trinajstić information content (AvgIpc) is 3.03. The summed E-state index contributed by atoms with van der Waals surface area (Å²) in [5, 5.41) is 4.02. The van der Waals surface area contributed by atoms with E-state index < -0.39 is 0 Å². The van der Waals surface area contributed by atoms with E-state index in [1.807, 2.05) is 36.4 Å². The monoisotopic (exact) mass is 367 g/mol. The number of thiazole rings is 1. The molecule has 4 rings (SSSR count). The van der Waals surface area contributed by atoms with Crippen molar-refractivity contribution in [3.05, 3.63) is 54.1 Å². The van der Waals surface area contributed by atoms with E-state index in [0.29, 0.717) is 6.54 Å². The number of nitrogens with zero attached hydrogens (tertiary/aromatic N) is 2. The van der Waals surface area contributed by atoms with Gasteiger partial charge in [0.2, 0.25) is 5.91 Å². The van der Waals surface area contributed by atoms with Gasteiger partial charge in [-0.25, -0.2) is 4.98 Å². The number of amides is 1. The molecule has 0 saturated carbocycles. The van der Waals surface area contributed by atoms with Crippen LogP contribution in [0.3, 0.4) is 0 Å². The zero-order chi connectivity index (χ0) is 17.9. The summed E-state index contributed by atoms with van der Waals surface area (Å²) in [5.41, 5.74) is 2.19. The van der Waals surface area contributed by atoms with Crippen molar-refractivity contribution in [2.75, 3.05) is 31.6 Å². The molecule has 1 N–H and O–H groups in total. The Hall–Kier alpha value is -2.60. The number of benzene rings is 2. The van der Waals surface area contributed by atoms with Gasteiger partial charge in [-0.1, -0.05) is 41.7 Å². The largest absolute Gasteiger partial charge is 0.497 e. The summed E-state index contributed by atoms with van der Waals surface area (Å²) in [6, 6.07) is 16.1. The lowest BCUT2D eigenvalue weighted by molar-refractivity contribution is -0.125. The lowest BCUT2D eigenvalue weighted by atomic mass is 10.00. The number of ether oxygens (including phenoxy) is 1. The van der Waals surface area contributed by atoms with Crippen molar-refractivity contribution in [2.24, 2.45) is 5.92 Å². The molecule has 1 aromatic heterocycles. The average molecular weight is 367 g/mol. The van der Waals surface area contributed by atoms with Crippen LogP contribution in [-0.4, -0.2) is 37.6 Å². The van der Waals surface area contributed by atoms with Gasteiger partial charge in [0, 0.05) is 25.7 Å². The standard InChI is InChI=1S/C20H21N3O2S/c1-25-16-7-8-18-17(11-16)22-20(26-18)23-12-15(13-23)19(24)21-10-9-14-5-3-2-4-6-14/h2-8,11,15H,9-10,12-13H2,1H3,(H,21,24). The normalized spacial score (nSPS) is 14.3. The van der Waals surface area contributed by atoms with E-state index >= 15 is 0 Å². The number of carbonyl (C=O) groups is 1. The van der Waals surface area contributed by atoms with Crippen LogP contribution in [0.5, 0.6) is 5.75 Å². The van der Waals surface area contributed by atoms with Gasteiger partial charge in [0.1, 0.15) is 5.75 Å². The highest BCUT2D eigenvalue weighted by Gasteiger charge is 2.34. The molecule has 0 atom stereocenters. The van der Waals surface area contributed by atoms with E-state index in [-0.39, 0.29) is 11.8 Å². The number of hydrogen-bond acceptors (Lipinski definition) is 5. The fourth-order valence-electron chi connectivity index (χ4n) is 3.08. The van der Waals surface area contributed by atoms with E-state index in [1.165, 1.54) is 5.56 Å². The maximum atomic E-state index is 12.3. The quantitative estimate of drug-likeness (QED) is 0.727. The van der Waals surface area contributed by atoms with Gasteiger partial charge in [-0.3, -0.25) is 4.79 Å². The molecule has 1 aliphatic heterocycles. The Kier molecular flexibility index (Phi) is 4.75. The lowest BCUT2D eigenvalue weighted by Crippen LogP contribution is -2.54. The third-order valence-corrected chi connectivity index (χ3v) is 5.76. The molecule has 2 aromatic carbocycles. The molecule has 26 heavy (non-hydrogen) atoms. The Bertz CT molecular complexity index is 904. The van der Waals surface area contributed by atoms with Gasteiger partial charge in [0.05, 0.1) is 23.2 Å². The molecular weight excluding hydrogens is 346 g/mol. The van der Waals surface area contributed by atoms with Crippen LogP contribution in [0, 0.1) is 5.92 Å². The van der Waals surface area contributed by atoms with Crippen molar-refractivity contribution in [1.82, 2.24) is 10.3 Å². The minimum atomic E-state index is 0.0484. The van der Waals surface area contributed by atoms with E-state index in [4.69, 9.17) is 4.74 Å². The number of carbonyl (C=O) groups excluding carboxylic acids is 1. The van der Waals surface area contributed by atoms with Crippen molar-refractivity contribution in [3.8, 4) is 5.75 Å². The lowest BCUT2D eigenvalue weighted by Gasteiger charge is -2.37. The van der Waals surface area contributed by atoms with E-state index in [2.05, 4.69) is 27.3 Å². The van der Waals surface area contributed by atoms with Crippen molar-refractivity contribution < 1.29 is 9.53 Å². The molecule has 2 heterocycles. The maximum absolute atomic E-state index is 12.3. The van der Waals surface area contributed by atoms with Crippen LogP contribution in [0.4, 0.5) is 5.13 Å². The number of methoxy groups -OCH3 is 1. The molecule has 0 aliphatic carbocycles. The summed E-state index contributed by atoms with van der Waals surface area (Å²) in [4.78, 5) is 19.1. The second-order valence-corrected chi connectivity index (χ2v) is 7.47. The minimum absolute atomic E-state index is 0.0484. The predicted octanol–water partition coefficient (Wildman–Crippen LogP) is 3.10. The number of rotatable bonds is 6. The topological polar surface area (TPSA) is 54.5 Å².